The van der Waals surface area contributed by atoms with Crippen LogP contribution in [0.1, 0.15) is 97.3 Å². The van der Waals surface area contributed by atoms with Gasteiger partial charge in [0.2, 0.25) is 0 Å². The van der Waals surface area contributed by atoms with Gasteiger partial charge >= 0.3 is 11.9 Å². The minimum Gasteiger partial charge on any atom is -0.462 e. The van der Waals surface area contributed by atoms with Gasteiger partial charge in [0, 0.05) is 31.1 Å². The van der Waals surface area contributed by atoms with Gasteiger partial charge < -0.3 is 9.57 Å². The van der Waals surface area contributed by atoms with Gasteiger partial charge in [-0.15, -0.1) is 5.06 Å². The molecule has 0 aromatic carbocycles. The minimum atomic E-state index is -0.780. The number of imide groups is 1. The molecule has 0 aromatic heterocycles. The molecule has 5 aliphatic rings. The van der Waals surface area contributed by atoms with E-state index in [1.807, 2.05) is 0 Å². The molecule has 0 N–H and O–H groups in total. The van der Waals surface area contributed by atoms with E-state index in [1.165, 1.54) is 6.42 Å². The zero-order valence-electron chi connectivity index (χ0n) is 20.9. The summed E-state index contributed by atoms with van der Waals surface area (Å²) in [6.45, 7) is 4.70. The van der Waals surface area contributed by atoms with Crippen LogP contribution in [0.4, 0.5) is 0 Å². The van der Waals surface area contributed by atoms with Crippen molar-refractivity contribution in [3.63, 3.8) is 0 Å². The van der Waals surface area contributed by atoms with Crippen molar-refractivity contribution in [3.8, 4) is 0 Å². The highest BCUT2D eigenvalue weighted by Gasteiger charge is 2.61. The molecule has 8 nitrogen and oxygen atoms in total. The number of carbonyl (C=O) groups excluding carboxylic acids is 5. The Labute approximate surface area is 206 Å². The monoisotopic (exact) mass is 487 g/mol. The van der Waals surface area contributed by atoms with E-state index >= 15 is 0 Å². The normalized spacial score (nSPS) is 40.7. The van der Waals surface area contributed by atoms with Gasteiger partial charge in [-0.2, -0.15) is 0 Å². The molecule has 0 bridgehead atoms. The maximum absolute atomic E-state index is 12.6. The minimum absolute atomic E-state index is 0.0371. The summed E-state index contributed by atoms with van der Waals surface area (Å²) in [6, 6.07) is 0. The van der Waals surface area contributed by atoms with Crippen LogP contribution < -0.4 is 0 Å². The first-order valence-electron chi connectivity index (χ1n) is 13.4. The molecule has 5 rings (SSSR count). The molecule has 1 heterocycles. The number of nitrogens with zero attached hydrogens (tertiary/aromatic N) is 1. The molecular formula is C27H37NO7. The van der Waals surface area contributed by atoms with Crippen LogP contribution in [-0.4, -0.2) is 40.7 Å². The lowest BCUT2D eigenvalue weighted by Gasteiger charge is -2.60. The summed E-state index contributed by atoms with van der Waals surface area (Å²) in [4.78, 5) is 64.8. The van der Waals surface area contributed by atoms with Crippen LogP contribution in [0, 0.1) is 34.5 Å². The lowest BCUT2D eigenvalue weighted by molar-refractivity contribution is -0.198. The third kappa shape index (κ3) is 4.20. The third-order valence-electron chi connectivity index (χ3n) is 10.4. The molecule has 0 spiro atoms. The van der Waals surface area contributed by atoms with Gasteiger partial charge in [0.1, 0.15) is 11.9 Å². The summed E-state index contributed by atoms with van der Waals surface area (Å²) >= 11 is 0. The standard InChI is InChI=1S/C27H37NO7/c1-26-13-11-17(29)15-16(26)3-4-18-19-5-6-21(27(19,2)14-12-20(18)26)34-24(32)9-10-25(33)35-28-22(30)7-8-23(28)31/h16,18-21H,3-15H2,1-2H3/t16-,18+,19+,20+,21-,26-,27-/m0/s1. The van der Waals surface area contributed by atoms with Crippen LogP contribution in [0.2, 0.25) is 0 Å². The molecule has 192 valence electrons. The fourth-order valence-electron chi connectivity index (χ4n) is 8.42. The maximum atomic E-state index is 12.6. The van der Waals surface area contributed by atoms with E-state index in [9.17, 15) is 24.0 Å². The first-order valence-corrected chi connectivity index (χ1v) is 13.4. The molecule has 1 aliphatic heterocycles. The molecule has 4 saturated carbocycles. The maximum Gasteiger partial charge on any atom is 0.333 e. The van der Waals surface area contributed by atoms with Gasteiger partial charge in [-0.25, -0.2) is 4.79 Å². The molecule has 5 fully saturated rings. The summed E-state index contributed by atoms with van der Waals surface area (Å²) in [5, 5.41) is 0.506. The van der Waals surface area contributed by atoms with Crippen LogP contribution in [0.25, 0.3) is 0 Å². The van der Waals surface area contributed by atoms with Gasteiger partial charge in [-0.1, -0.05) is 13.8 Å². The number of rotatable bonds is 5. The van der Waals surface area contributed by atoms with Crippen molar-refractivity contribution in [3.05, 3.63) is 0 Å². The van der Waals surface area contributed by atoms with Gasteiger partial charge in [-0.3, -0.25) is 19.2 Å². The SMILES string of the molecule is C[C@]12CCC(=O)C[C@@H]1CC[C@H]1[C@H]2CC[C@]2(C)[C@@H](OC(=O)CCC(=O)ON3C(=O)CCC3=O)CC[C@H]12. The number of hydrogen-bond acceptors (Lipinski definition) is 7. The van der Waals surface area contributed by atoms with E-state index in [0.717, 1.165) is 51.4 Å². The summed E-state index contributed by atoms with van der Waals surface area (Å²) in [5.74, 6) is 0.464. The van der Waals surface area contributed by atoms with Crippen molar-refractivity contribution < 1.29 is 33.5 Å². The Morgan fingerprint density at radius 1 is 0.829 bits per heavy atom. The molecule has 2 amide bonds. The van der Waals surface area contributed by atoms with Crippen molar-refractivity contribution in [2.45, 2.75) is 103 Å². The zero-order valence-corrected chi connectivity index (χ0v) is 20.9. The van der Waals surface area contributed by atoms with E-state index < -0.39 is 23.8 Å². The first-order chi connectivity index (χ1) is 16.6. The molecule has 1 saturated heterocycles. The molecule has 0 unspecified atom stereocenters. The van der Waals surface area contributed by atoms with Crippen LogP contribution >= 0.6 is 0 Å². The van der Waals surface area contributed by atoms with E-state index in [2.05, 4.69) is 13.8 Å². The molecule has 4 aliphatic carbocycles. The lowest BCUT2D eigenvalue weighted by Crippen LogP contribution is -2.54. The average Bonchev–Trinajstić information content (AvgIpc) is 3.31. The van der Waals surface area contributed by atoms with Crippen molar-refractivity contribution in [1.29, 1.82) is 0 Å². The zero-order chi connectivity index (χ0) is 25.0. The highest BCUT2D eigenvalue weighted by Crippen LogP contribution is 2.66. The first kappa shape index (κ1) is 24.4. The number of amides is 2. The van der Waals surface area contributed by atoms with Crippen LogP contribution in [0.15, 0.2) is 0 Å². The fourth-order valence-corrected chi connectivity index (χ4v) is 8.42. The second-order valence-electron chi connectivity index (χ2n) is 12.0. The summed E-state index contributed by atoms with van der Waals surface area (Å²) < 4.78 is 5.93. The number of carbonyl (C=O) groups is 5. The molecule has 35 heavy (non-hydrogen) atoms. The predicted octanol–water partition coefficient (Wildman–Crippen LogP) is 3.90. The molecule has 0 aromatic rings. The molecule has 8 heteroatoms. The smallest absolute Gasteiger partial charge is 0.333 e. The second kappa shape index (κ2) is 9.00. The van der Waals surface area contributed by atoms with Gasteiger partial charge in [0.25, 0.3) is 11.8 Å². The topological polar surface area (TPSA) is 107 Å². The van der Waals surface area contributed by atoms with Crippen LogP contribution in [0.3, 0.4) is 0 Å². The third-order valence-corrected chi connectivity index (χ3v) is 10.4. The van der Waals surface area contributed by atoms with Crippen molar-refractivity contribution in [2.75, 3.05) is 0 Å². The molecule has 7 atom stereocenters. The number of hydrogen-bond donors (Lipinski definition) is 0. The summed E-state index contributed by atoms with van der Waals surface area (Å²) in [6.07, 6.45) is 8.39. The number of esters is 1. The molecular weight excluding hydrogens is 450 g/mol. The van der Waals surface area contributed by atoms with Gasteiger partial charge in [0.05, 0.1) is 12.8 Å². The highest BCUT2D eigenvalue weighted by molar-refractivity contribution is 6.01. The fraction of sp³-hybridized carbons (Fsp3) is 0.815. The Balaban J connectivity index is 1.17. The van der Waals surface area contributed by atoms with E-state index in [0.29, 0.717) is 34.5 Å². The Kier molecular flexibility index (Phi) is 6.29. The summed E-state index contributed by atoms with van der Waals surface area (Å²) in [7, 11) is 0. The van der Waals surface area contributed by atoms with Gasteiger partial charge in [0.15, 0.2) is 0 Å². The van der Waals surface area contributed by atoms with Crippen molar-refractivity contribution in [2.24, 2.45) is 34.5 Å². The number of ketones is 1. The molecule has 0 radical (unpaired) electrons. The highest BCUT2D eigenvalue weighted by atomic mass is 16.7. The van der Waals surface area contributed by atoms with Crippen LogP contribution in [0.5, 0.6) is 0 Å². The summed E-state index contributed by atoms with van der Waals surface area (Å²) in [5.41, 5.74) is 0.199. The Morgan fingerprint density at radius 2 is 1.51 bits per heavy atom. The van der Waals surface area contributed by atoms with E-state index in [-0.39, 0.29) is 42.6 Å². The Bertz CT molecular complexity index is 930. The Hall–Kier alpha value is -2.25. The van der Waals surface area contributed by atoms with E-state index in [1.54, 1.807) is 0 Å². The van der Waals surface area contributed by atoms with Crippen LogP contribution in [-0.2, 0) is 33.5 Å². The lowest BCUT2D eigenvalue weighted by atomic mass is 9.45. The van der Waals surface area contributed by atoms with Crippen molar-refractivity contribution in [1.82, 2.24) is 5.06 Å². The largest absolute Gasteiger partial charge is 0.462 e. The number of Topliss-reactive ketones (excluding diaryl/α,β-unsaturated/α-hetero) is 1. The van der Waals surface area contributed by atoms with Gasteiger partial charge in [-0.05, 0) is 74.0 Å². The average molecular weight is 488 g/mol. The Morgan fingerprint density at radius 3 is 2.26 bits per heavy atom. The number of hydroxylamine groups is 2. The number of fused-ring (bicyclic) bond motifs is 5. The predicted molar refractivity (Wildman–Crippen MR) is 123 cm³/mol. The quantitative estimate of drug-likeness (QED) is 0.428. The van der Waals surface area contributed by atoms with E-state index in [4.69, 9.17) is 9.57 Å². The second-order valence-corrected chi connectivity index (χ2v) is 12.0. The number of ether oxygens (including phenoxy) is 1. The van der Waals surface area contributed by atoms with Crippen molar-refractivity contribution >= 4 is 29.5 Å².